The number of nitrogens with zero attached hydrogens (tertiary/aromatic N) is 1. The number of H-pyrrole nitrogens is 1. The highest BCUT2D eigenvalue weighted by Crippen LogP contribution is 2.22. The van der Waals surface area contributed by atoms with Gasteiger partial charge in [0.2, 0.25) is 88.6 Å². The fourth-order valence-corrected chi connectivity index (χ4v) is 14.8. The van der Waals surface area contributed by atoms with Crippen molar-refractivity contribution < 1.29 is 71.9 Å². The van der Waals surface area contributed by atoms with Crippen molar-refractivity contribution in [2.45, 2.75) is 316 Å². The Kier molecular flexibility index (Phi) is 53.2. The van der Waals surface area contributed by atoms with Gasteiger partial charge in [0.25, 0.3) is 0 Å². The highest BCUT2D eigenvalue weighted by atomic mass is 16.2. The van der Waals surface area contributed by atoms with E-state index >= 15 is 4.79 Å². The molecular weight excluding hydrogens is 1680 g/mol. The number of rotatable bonds is 65. The Morgan fingerprint density at radius 1 is 0.351 bits per heavy atom. The summed E-state index contributed by atoms with van der Waals surface area (Å²) in [6.45, 7) is 25.2. The Morgan fingerprint density at radius 2 is 0.695 bits per heavy atom. The van der Waals surface area contributed by atoms with Crippen LogP contribution in [0.25, 0.3) is 10.9 Å². The largest absolute Gasteiger partial charge is 0.370 e. The molecule has 39 heteroatoms. The van der Waals surface area contributed by atoms with Crippen LogP contribution in [0, 0.1) is 41.4 Å². The van der Waals surface area contributed by atoms with Gasteiger partial charge in [-0.25, -0.2) is 0 Å². The minimum atomic E-state index is -1.40. The van der Waals surface area contributed by atoms with E-state index in [0.29, 0.717) is 69.8 Å². The molecule has 0 bridgehead atoms. The first kappa shape index (κ1) is 114. The van der Waals surface area contributed by atoms with Crippen molar-refractivity contribution in [1.29, 1.82) is 0 Å². The maximum Gasteiger partial charge on any atom is 0.243 e. The third-order valence-electron chi connectivity index (χ3n) is 22.4. The standard InChI is InChI=1S/C92H158N24O15/c1-15-58(14)77(89(129)103-51-74(117)104-64(38-29-43-101-92(99)100)82(122)114-76(57(12)13)91(131)113-71(47-55(8)9)85(125)108-67(36-23-27-41-95)83(123)115-75(56(10)11)90(130)109-69(78(98)118)45-53(4)5)116-84(124)68(37-24-28-42-96)105-80(120)65(34-21-25-39-93)106-87(127)72(48-59-30-17-16-18-31-59)112-86(126)70(46-54(6)7)111-81(121)66(35-22-26-40-94)107-88(128)73(110-79(119)62(97)44-52(2)3)49-60-50-102-63-33-20-19-32-61(60)63/h16-20,30-33,50,52-58,62,64-73,75-77,102H,15,21-29,34-49,51,93-97H2,1-14H3,(H2,98,118)(H,103,129)(H,104,117)(H,105,120)(H,106,127)(H,107,128)(H,108,125)(H,109,130)(H,110,119)(H,111,121)(H,112,126)(H,113,131)(H,114,122)(H,115,123)(H,116,124)(H4,99,100,101)/t58-,62-,64-,65-,66-,67-,68-,69-,70-,71-,72-,73-,75-,76-,77-/m0/s1. The Morgan fingerprint density at radius 3 is 1.11 bits per heavy atom. The van der Waals surface area contributed by atoms with Crippen LogP contribution in [0.15, 0.2) is 65.8 Å². The molecule has 31 N–H and O–H groups in total. The first-order valence-electron chi connectivity index (χ1n) is 46.7. The molecule has 0 spiro atoms. The molecule has 0 fully saturated rings. The molecule has 1 heterocycles. The van der Waals surface area contributed by atoms with Crippen LogP contribution in [0.5, 0.6) is 0 Å². The Balaban J connectivity index is 1.95. The lowest BCUT2D eigenvalue weighted by Gasteiger charge is -2.30. The predicted octanol–water partition coefficient (Wildman–Crippen LogP) is 0.296. The first-order valence-corrected chi connectivity index (χ1v) is 46.7. The second kappa shape index (κ2) is 60.9. The van der Waals surface area contributed by atoms with E-state index in [0.717, 1.165) is 16.5 Å². The Bertz CT molecular complexity index is 4120. The van der Waals surface area contributed by atoms with Crippen molar-refractivity contribution >= 4 is 105 Å². The monoisotopic (exact) mass is 1840 g/mol. The molecule has 3 rings (SSSR count). The van der Waals surface area contributed by atoms with Crippen LogP contribution in [-0.4, -0.2) is 223 Å². The summed E-state index contributed by atoms with van der Waals surface area (Å²) < 4.78 is 0. The predicted molar refractivity (Wildman–Crippen MR) is 506 cm³/mol. The van der Waals surface area contributed by atoms with Gasteiger partial charge in [0.05, 0.1) is 12.6 Å². The number of aromatic nitrogens is 1. The number of carbonyl (C=O) groups excluding carboxylic acids is 15. The molecule has 2 aromatic carbocycles. The number of unbranched alkanes of at least 4 members (excludes halogenated alkanes) is 4. The zero-order valence-corrected chi connectivity index (χ0v) is 79.7. The molecule has 0 saturated carbocycles. The van der Waals surface area contributed by atoms with Crippen LogP contribution < -0.4 is 120 Å². The molecule has 0 unspecified atom stereocenters. The van der Waals surface area contributed by atoms with Gasteiger partial charge in [-0.05, 0) is 200 Å². The van der Waals surface area contributed by atoms with E-state index in [4.69, 9.17) is 45.9 Å². The van der Waals surface area contributed by atoms with E-state index in [9.17, 15) is 67.1 Å². The van der Waals surface area contributed by atoms with Crippen LogP contribution >= 0.6 is 0 Å². The molecule has 3 aromatic rings. The van der Waals surface area contributed by atoms with Crippen molar-refractivity contribution in [1.82, 2.24) is 79.4 Å². The SMILES string of the molecule is CC[C@H](C)[C@H](NC(=O)[C@H](CCCCN)NC(=O)[C@H](CCCCN)NC(=O)[C@H](Cc1ccccc1)NC(=O)[C@H](CC(C)C)NC(=O)[C@H](CCCCN)NC(=O)[C@H](Cc1c[nH]c2ccccc12)NC(=O)[C@@H](N)CC(C)C)C(=O)NCC(=O)N[C@@H](CCCN=C(N)N)C(=O)N[C@H](C(=O)N[C@@H](CC(C)C)C(=O)N[C@@H](CCCCN)C(=O)N[C@H](C(=O)N[C@@H](CC(C)C)C(N)=O)C(C)C)C(C)C. The summed E-state index contributed by atoms with van der Waals surface area (Å²) in [6, 6.07) is -1.34. The zero-order chi connectivity index (χ0) is 98.1. The van der Waals surface area contributed by atoms with Gasteiger partial charge in [-0.1, -0.05) is 152 Å². The third-order valence-corrected chi connectivity index (χ3v) is 22.4. The first-order chi connectivity index (χ1) is 62.0. The van der Waals surface area contributed by atoms with Crippen LogP contribution in [0.2, 0.25) is 0 Å². The number of para-hydroxylation sites is 1. The third kappa shape index (κ3) is 42.9. The lowest BCUT2D eigenvalue weighted by molar-refractivity contribution is -0.136. The van der Waals surface area contributed by atoms with Gasteiger partial charge < -0.3 is 125 Å². The molecule has 736 valence electrons. The number of nitrogens with two attached hydrogens (primary N) is 8. The molecule has 15 atom stereocenters. The zero-order valence-electron chi connectivity index (χ0n) is 79.7. The Labute approximate surface area is 773 Å². The topological polar surface area (TPSA) is 661 Å². The number of aliphatic imine (C=N–C) groups is 1. The average molecular weight is 1840 g/mol. The number of nitrogens with one attached hydrogen (secondary N) is 15. The number of fused-ring (bicyclic) bond motifs is 1. The van der Waals surface area contributed by atoms with E-state index in [1.165, 1.54) is 0 Å². The number of amides is 15. The van der Waals surface area contributed by atoms with Crippen molar-refractivity contribution in [3.63, 3.8) is 0 Å². The van der Waals surface area contributed by atoms with Crippen LogP contribution in [0.4, 0.5) is 0 Å². The van der Waals surface area contributed by atoms with Crippen molar-refractivity contribution in [3.8, 4) is 0 Å². The summed E-state index contributed by atoms with van der Waals surface area (Å²) in [4.78, 5) is 223. The van der Waals surface area contributed by atoms with Crippen molar-refractivity contribution in [3.05, 3.63) is 71.9 Å². The molecule has 1 aromatic heterocycles. The molecule has 0 aliphatic heterocycles. The van der Waals surface area contributed by atoms with Gasteiger partial charge in [0.15, 0.2) is 5.96 Å². The quantitative estimate of drug-likeness (QED) is 0.0205. The maximum atomic E-state index is 15.1. The van der Waals surface area contributed by atoms with Gasteiger partial charge in [-0.15, -0.1) is 0 Å². The highest BCUT2D eigenvalue weighted by molar-refractivity contribution is 6.01. The van der Waals surface area contributed by atoms with Gasteiger partial charge in [0, 0.05) is 36.5 Å². The second-order valence-electron chi connectivity index (χ2n) is 36.6. The lowest BCUT2D eigenvalue weighted by atomic mass is 9.97. The van der Waals surface area contributed by atoms with E-state index in [1.54, 1.807) is 78.1 Å². The molecule has 15 amide bonds. The molecule has 0 radical (unpaired) electrons. The van der Waals surface area contributed by atoms with Crippen LogP contribution in [-0.2, 0) is 84.8 Å². The molecular formula is C92H158N24O15. The van der Waals surface area contributed by atoms with Gasteiger partial charge >= 0.3 is 0 Å². The number of primary amides is 1. The average Bonchev–Trinajstić information content (AvgIpc) is 1.69. The van der Waals surface area contributed by atoms with E-state index < -0.39 is 197 Å². The summed E-state index contributed by atoms with van der Waals surface area (Å²) in [5.74, 6) is -13.7. The van der Waals surface area contributed by atoms with E-state index in [1.807, 2.05) is 79.7 Å². The van der Waals surface area contributed by atoms with Gasteiger partial charge in [0.1, 0.15) is 78.5 Å². The fourth-order valence-electron chi connectivity index (χ4n) is 14.8. The van der Waals surface area contributed by atoms with Crippen molar-refractivity contribution in [2.24, 2.45) is 92.3 Å². The number of carbonyl (C=O) groups is 15. The normalized spacial score (nSPS) is 14.9. The number of guanidine groups is 1. The molecule has 131 heavy (non-hydrogen) atoms. The summed E-state index contributed by atoms with van der Waals surface area (Å²) in [5, 5.41) is 39.5. The summed E-state index contributed by atoms with van der Waals surface area (Å²) in [7, 11) is 0. The van der Waals surface area contributed by atoms with E-state index in [-0.39, 0.29) is 133 Å². The minimum Gasteiger partial charge on any atom is -0.370 e. The molecule has 0 saturated heterocycles. The summed E-state index contributed by atoms with van der Waals surface area (Å²) in [5.41, 5.74) is 49.0. The molecule has 0 aliphatic carbocycles. The van der Waals surface area contributed by atoms with Gasteiger partial charge in [-0.3, -0.25) is 76.9 Å². The number of hydrogen-bond acceptors (Lipinski definition) is 21. The minimum absolute atomic E-state index is 0.000637. The van der Waals surface area contributed by atoms with Gasteiger partial charge in [-0.2, -0.15) is 0 Å². The smallest absolute Gasteiger partial charge is 0.243 e. The Hall–Kier alpha value is -10.9. The molecule has 39 nitrogen and oxygen atoms in total. The number of hydrogen-bond donors (Lipinski definition) is 23. The van der Waals surface area contributed by atoms with Crippen LogP contribution in [0.3, 0.4) is 0 Å². The second-order valence-corrected chi connectivity index (χ2v) is 36.6. The van der Waals surface area contributed by atoms with Crippen LogP contribution in [0.1, 0.15) is 230 Å². The highest BCUT2D eigenvalue weighted by Gasteiger charge is 2.40. The lowest BCUT2D eigenvalue weighted by Crippen LogP contribution is -2.61. The van der Waals surface area contributed by atoms with Crippen molar-refractivity contribution in [2.75, 3.05) is 39.3 Å². The van der Waals surface area contributed by atoms with E-state index in [2.05, 4.69) is 84.4 Å². The number of benzene rings is 2. The number of aromatic amines is 1. The fraction of sp³-hybridized carbons (Fsp3) is 0.674. The molecule has 0 aliphatic rings. The summed E-state index contributed by atoms with van der Waals surface area (Å²) >= 11 is 0. The summed E-state index contributed by atoms with van der Waals surface area (Å²) in [6.07, 6.45) is 6.05. The maximum absolute atomic E-state index is 15.1.